The van der Waals surface area contributed by atoms with Crippen LogP contribution < -0.4 is 5.32 Å². The Labute approximate surface area is 129 Å². The van der Waals surface area contributed by atoms with E-state index in [0.29, 0.717) is 6.04 Å². The Morgan fingerprint density at radius 2 is 1.81 bits per heavy atom. The van der Waals surface area contributed by atoms with E-state index < -0.39 is 0 Å². The van der Waals surface area contributed by atoms with E-state index in [9.17, 15) is 0 Å². The van der Waals surface area contributed by atoms with Crippen molar-refractivity contribution in [3.05, 3.63) is 35.9 Å². The van der Waals surface area contributed by atoms with E-state index in [1.54, 1.807) is 0 Å². The summed E-state index contributed by atoms with van der Waals surface area (Å²) in [6.07, 6.45) is 4.04. The number of hydrogen-bond donors (Lipinski definition) is 1. The van der Waals surface area contributed by atoms with Crippen LogP contribution in [0.4, 0.5) is 0 Å². The molecule has 1 N–H and O–H groups in total. The van der Waals surface area contributed by atoms with Crippen LogP contribution in [0, 0.1) is 5.92 Å². The van der Waals surface area contributed by atoms with Gasteiger partial charge >= 0.3 is 0 Å². The second kappa shape index (κ2) is 7.39. The lowest BCUT2D eigenvalue weighted by Gasteiger charge is -2.30. The zero-order valence-electron chi connectivity index (χ0n) is 13.3. The van der Waals surface area contributed by atoms with Crippen molar-refractivity contribution < 1.29 is 0 Å². The molecule has 1 atom stereocenters. The van der Waals surface area contributed by atoms with E-state index in [0.717, 1.165) is 12.5 Å². The van der Waals surface area contributed by atoms with E-state index in [2.05, 4.69) is 52.5 Å². The molecule has 1 aromatic carbocycles. The largest absolute Gasteiger partial charge is 0.312 e. The smallest absolute Gasteiger partial charge is 0.0234 e. The molecule has 2 heterocycles. The Balaban J connectivity index is 1.37. The van der Waals surface area contributed by atoms with Gasteiger partial charge in [0.15, 0.2) is 0 Å². The van der Waals surface area contributed by atoms with Gasteiger partial charge in [-0.15, -0.1) is 0 Å². The van der Waals surface area contributed by atoms with Crippen molar-refractivity contribution in [3.63, 3.8) is 0 Å². The van der Waals surface area contributed by atoms with Crippen LogP contribution in [0.2, 0.25) is 0 Å². The van der Waals surface area contributed by atoms with Crippen molar-refractivity contribution in [1.82, 2.24) is 15.1 Å². The average molecular weight is 287 g/mol. The Kier molecular flexibility index (Phi) is 5.28. The maximum atomic E-state index is 3.82. The summed E-state index contributed by atoms with van der Waals surface area (Å²) in [7, 11) is 2.24. The van der Waals surface area contributed by atoms with Gasteiger partial charge in [-0.1, -0.05) is 30.3 Å². The van der Waals surface area contributed by atoms with Gasteiger partial charge in [-0.05, 0) is 57.4 Å². The molecule has 116 valence electrons. The van der Waals surface area contributed by atoms with Crippen LogP contribution in [0.3, 0.4) is 0 Å². The first-order valence-corrected chi connectivity index (χ1v) is 8.48. The second-order valence-electron chi connectivity index (χ2n) is 6.86. The molecule has 2 saturated heterocycles. The highest BCUT2D eigenvalue weighted by Gasteiger charge is 2.23. The molecule has 0 amide bonds. The highest BCUT2D eigenvalue weighted by Crippen LogP contribution is 2.17. The summed E-state index contributed by atoms with van der Waals surface area (Å²) in [5.41, 5.74) is 1.44. The minimum atomic E-state index is 0.702. The Hall–Kier alpha value is -0.900. The lowest BCUT2D eigenvalue weighted by Crippen LogP contribution is -2.39. The topological polar surface area (TPSA) is 18.5 Å². The number of nitrogens with one attached hydrogen (secondary N) is 1. The number of hydrogen-bond acceptors (Lipinski definition) is 3. The molecule has 0 saturated carbocycles. The molecule has 3 heteroatoms. The van der Waals surface area contributed by atoms with Gasteiger partial charge in [-0.2, -0.15) is 0 Å². The molecular weight excluding hydrogens is 258 g/mol. The van der Waals surface area contributed by atoms with Gasteiger partial charge in [0.1, 0.15) is 0 Å². The first kappa shape index (κ1) is 15.0. The first-order valence-electron chi connectivity index (χ1n) is 8.48. The van der Waals surface area contributed by atoms with Crippen LogP contribution in [0.25, 0.3) is 0 Å². The van der Waals surface area contributed by atoms with Gasteiger partial charge < -0.3 is 10.2 Å². The molecule has 3 nitrogen and oxygen atoms in total. The minimum absolute atomic E-state index is 0.702. The molecule has 2 aliphatic heterocycles. The van der Waals surface area contributed by atoms with Crippen molar-refractivity contribution in [3.8, 4) is 0 Å². The molecule has 3 rings (SSSR count). The minimum Gasteiger partial charge on any atom is -0.312 e. The molecule has 0 spiro atoms. The summed E-state index contributed by atoms with van der Waals surface area (Å²) in [5, 5.41) is 3.82. The van der Waals surface area contributed by atoms with Gasteiger partial charge in [0, 0.05) is 25.7 Å². The maximum Gasteiger partial charge on any atom is 0.0234 e. The lowest BCUT2D eigenvalue weighted by atomic mass is 9.97. The Bertz CT molecular complexity index is 412. The molecule has 0 aromatic heterocycles. The van der Waals surface area contributed by atoms with Crippen molar-refractivity contribution in [2.75, 3.05) is 39.8 Å². The molecule has 1 unspecified atom stereocenters. The van der Waals surface area contributed by atoms with Gasteiger partial charge in [0.05, 0.1) is 0 Å². The van der Waals surface area contributed by atoms with E-state index in [-0.39, 0.29) is 0 Å². The lowest BCUT2D eigenvalue weighted by molar-refractivity contribution is 0.212. The predicted octanol–water partition coefficient (Wildman–Crippen LogP) is 2.19. The fourth-order valence-electron chi connectivity index (χ4n) is 3.58. The average Bonchev–Trinajstić information content (AvgIpc) is 2.95. The van der Waals surface area contributed by atoms with Crippen molar-refractivity contribution in [2.45, 2.75) is 31.8 Å². The van der Waals surface area contributed by atoms with Crippen LogP contribution in [-0.2, 0) is 6.54 Å². The second-order valence-corrected chi connectivity index (χ2v) is 6.86. The SMILES string of the molecule is CN1CCC(CNC2CCN(Cc3ccccc3)C2)CC1. The van der Waals surface area contributed by atoms with Crippen LogP contribution >= 0.6 is 0 Å². The Morgan fingerprint density at radius 3 is 2.57 bits per heavy atom. The molecule has 1 aromatic rings. The third-order valence-corrected chi connectivity index (χ3v) is 5.05. The standard InChI is InChI=1S/C18H29N3/c1-20-10-7-16(8-11-20)13-19-18-9-12-21(15-18)14-17-5-3-2-4-6-17/h2-6,16,18-19H,7-15H2,1H3. The number of likely N-dealkylation sites (tertiary alicyclic amines) is 2. The van der Waals surface area contributed by atoms with E-state index in [1.165, 1.54) is 57.5 Å². The number of nitrogens with zero attached hydrogens (tertiary/aromatic N) is 2. The number of benzene rings is 1. The summed E-state index contributed by atoms with van der Waals surface area (Å²) in [6, 6.07) is 11.5. The van der Waals surface area contributed by atoms with Gasteiger partial charge in [0.25, 0.3) is 0 Å². The van der Waals surface area contributed by atoms with Crippen molar-refractivity contribution >= 4 is 0 Å². The maximum absolute atomic E-state index is 3.82. The first-order chi connectivity index (χ1) is 10.3. The van der Waals surface area contributed by atoms with Crippen LogP contribution in [-0.4, -0.2) is 55.6 Å². The van der Waals surface area contributed by atoms with Crippen molar-refractivity contribution in [1.29, 1.82) is 0 Å². The number of piperidine rings is 1. The quantitative estimate of drug-likeness (QED) is 0.895. The molecule has 21 heavy (non-hydrogen) atoms. The van der Waals surface area contributed by atoms with Crippen molar-refractivity contribution in [2.24, 2.45) is 5.92 Å². The van der Waals surface area contributed by atoms with E-state index in [1.807, 2.05) is 0 Å². The molecular formula is C18H29N3. The zero-order valence-corrected chi connectivity index (χ0v) is 13.3. The molecule has 0 aliphatic carbocycles. The van der Waals surface area contributed by atoms with Gasteiger partial charge in [0.2, 0.25) is 0 Å². The highest BCUT2D eigenvalue weighted by atomic mass is 15.2. The zero-order chi connectivity index (χ0) is 14.5. The number of rotatable bonds is 5. The van der Waals surface area contributed by atoms with E-state index in [4.69, 9.17) is 0 Å². The fraction of sp³-hybridized carbons (Fsp3) is 0.667. The summed E-state index contributed by atoms with van der Waals surface area (Å²) in [5.74, 6) is 0.893. The summed E-state index contributed by atoms with van der Waals surface area (Å²) < 4.78 is 0. The highest BCUT2D eigenvalue weighted by molar-refractivity contribution is 5.14. The molecule has 2 fully saturated rings. The van der Waals surface area contributed by atoms with E-state index >= 15 is 0 Å². The Morgan fingerprint density at radius 1 is 1.05 bits per heavy atom. The van der Waals surface area contributed by atoms with Gasteiger partial charge in [-0.25, -0.2) is 0 Å². The van der Waals surface area contributed by atoms with Crippen LogP contribution in [0.1, 0.15) is 24.8 Å². The molecule has 0 radical (unpaired) electrons. The van der Waals surface area contributed by atoms with Gasteiger partial charge in [-0.3, -0.25) is 4.90 Å². The normalized spacial score (nSPS) is 25.5. The summed E-state index contributed by atoms with van der Waals surface area (Å²) in [4.78, 5) is 5.04. The third-order valence-electron chi connectivity index (χ3n) is 5.05. The third kappa shape index (κ3) is 4.53. The predicted molar refractivity (Wildman–Crippen MR) is 88.3 cm³/mol. The van der Waals surface area contributed by atoms with Crippen LogP contribution in [0.15, 0.2) is 30.3 Å². The summed E-state index contributed by atoms with van der Waals surface area (Å²) >= 11 is 0. The summed E-state index contributed by atoms with van der Waals surface area (Å²) in [6.45, 7) is 7.32. The monoisotopic (exact) mass is 287 g/mol. The van der Waals surface area contributed by atoms with Crippen LogP contribution in [0.5, 0.6) is 0 Å². The fourth-order valence-corrected chi connectivity index (χ4v) is 3.58. The molecule has 0 bridgehead atoms. The molecule has 2 aliphatic rings.